The first-order valence-corrected chi connectivity index (χ1v) is 7.29. The van der Waals surface area contributed by atoms with E-state index >= 15 is 0 Å². The van der Waals surface area contributed by atoms with Crippen molar-refractivity contribution in [3.05, 3.63) is 11.6 Å². The van der Waals surface area contributed by atoms with E-state index in [2.05, 4.69) is 6.92 Å². The van der Waals surface area contributed by atoms with E-state index in [0.29, 0.717) is 10.5 Å². The van der Waals surface area contributed by atoms with Gasteiger partial charge in [-0.25, -0.2) is 4.79 Å². The average molecular weight is 242 g/mol. The van der Waals surface area contributed by atoms with Gasteiger partial charge in [0.25, 0.3) is 0 Å². The van der Waals surface area contributed by atoms with Gasteiger partial charge in [0.2, 0.25) is 10.5 Å². The second kappa shape index (κ2) is 10.9. The number of allylic oxidation sites excluding steroid dienone is 1. The van der Waals surface area contributed by atoms with Gasteiger partial charge in [0.05, 0.1) is 0 Å². The Morgan fingerprint density at radius 3 is 2.25 bits per heavy atom. The maximum atomic E-state index is 11.1. The fraction of sp³-hybridized carbons (Fsp3) is 0.769. The molecule has 0 bridgehead atoms. The molecule has 0 aromatic rings. The van der Waals surface area contributed by atoms with Crippen molar-refractivity contribution < 1.29 is 9.22 Å². The maximum absolute atomic E-state index is 11.1. The molecule has 0 saturated heterocycles. The lowest BCUT2D eigenvalue weighted by molar-refractivity contribution is -0.129. The fourth-order valence-electron chi connectivity index (χ4n) is 1.66. The predicted molar refractivity (Wildman–Crippen MR) is 72.4 cm³/mol. The maximum Gasteiger partial charge on any atom is 0.319 e. The van der Waals surface area contributed by atoms with Gasteiger partial charge < -0.3 is 4.43 Å². The highest BCUT2D eigenvalue weighted by atomic mass is 28.2. The van der Waals surface area contributed by atoms with Crippen LogP contribution in [-0.2, 0) is 9.22 Å². The molecule has 3 heteroatoms. The normalized spacial score (nSPS) is 11.8. The van der Waals surface area contributed by atoms with E-state index in [0.717, 1.165) is 12.0 Å². The van der Waals surface area contributed by atoms with Crippen LogP contribution in [0, 0.1) is 0 Å². The highest BCUT2D eigenvalue weighted by Crippen LogP contribution is 2.09. The molecule has 0 aliphatic carbocycles. The summed E-state index contributed by atoms with van der Waals surface area (Å²) < 4.78 is 4.77. The zero-order valence-electron chi connectivity index (χ0n) is 11.1. The summed E-state index contributed by atoms with van der Waals surface area (Å²) in [6, 6.07) is 0. The van der Waals surface area contributed by atoms with Gasteiger partial charge in [-0.1, -0.05) is 51.5 Å². The highest BCUT2D eigenvalue weighted by molar-refractivity contribution is 6.09. The van der Waals surface area contributed by atoms with Gasteiger partial charge in [-0.15, -0.1) is 0 Å². The summed E-state index contributed by atoms with van der Waals surface area (Å²) in [6.07, 6.45) is 12.2. The summed E-state index contributed by atoms with van der Waals surface area (Å²) in [5.74, 6) is -0.144. The van der Waals surface area contributed by atoms with E-state index in [4.69, 9.17) is 4.43 Å². The quantitative estimate of drug-likeness (QED) is 0.353. The van der Waals surface area contributed by atoms with Gasteiger partial charge in [0.15, 0.2) is 0 Å². The molecular formula is C13H26O2Si. The lowest BCUT2D eigenvalue weighted by Crippen LogP contribution is -2.02. The topological polar surface area (TPSA) is 26.3 Å². The Morgan fingerprint density at radius 2 is 1.69 bits per heavy atom. The predicted octanol–water partition coefficient (Wildman–Crippen LogP) is 2.90. The van der Waals surface area contributed by atoms with Gasteiger partial charge in [-0.2, -0.15) is 0 Å². The Balaban J connectivity index is 3.35. The molecule has 0 aromatic heterocycles. The fourth-order valence-corrected chi connectivity index (χ4v) is 1.99. The largest absolute Gasteiger partial charge is 0.526 e. The summed E-state index contributed by atoms with van der Waals surface area (Å²) >= 11 is 0. The van der Waals surface area contributed by atoms with Crippen LogP contribution in [0.2, 0.25) is 0 Å². The molecule has 0 heterocycles. The van der Waals surface area contributed by atoms with Crippen molar-refractivity contribution in [3.8, 4) is 0 Å². The molecular weight excluding hydrogens is 216 g/mol. The van der Waals surface area contributed by atoms with Crippen molar-refractivity contribution in [2.75, 3.05) is 0 Å². The molecule has 0 rings (SSSR count). The first kappa shape index (κ1) is 15.4. The van der Waals surface area contributed by atoms with Crippen LogP contribution in [0.15, 0.2) is 11.6 Å². The van der Waals surface area contributed by atoms with Gasteiger partial charge in [-0.05, 0) is 19.8 Å². The Kier molecular flexibility index (Phi) is 10.5. The van der Waals surface area contributed by atoms with Crippen molar-refractivity contribution in [1.82, 2.24) is 0 Å². The van der Waals surface area contributed by atoms with E-state index in [1.165, 1.54) is 44.9 Å². The average Bonchev–Trinajstić information content (AvgIpc) is 2.31. The third kappa shape index (κ3) is 8.71. The van der Waals surface area contributed by atoms with Crippen LogP contribution in [0.1, 0.15) is 65.2 Å². The summed E-state index contributed by atoms with van der Waals surface area (Å²) in [7, 11) is 0.492. The molecule has 0 aromatic carbocycles. The third-order valence-corrected chi connectivity index (χ3v) is 3.14. The molecule has 0 aliphatic rings. The second-order valence-electron chi connectivity index (χ2n) is 4.29. The minimum atomic E-state index is -0.144. The molecule has 0 atom stereocenters. The van der Waals surface area contributed by atoms with Crippen molar-refractivity contribution in [1.29, 1.82) is 0 Å². The first-order valence-electron chi connectivity index (χ1n) is 6.47. The minimum absolute atomic E-state index is 0.144. The molecule has 0 radical (unpaired) electrons. The lowest BCUT2D eigenvalue weighted by atomic mass is 10.1. The van der Waals surface area contributed by atoms with Crippen LogP contribution in [0.5, 0.6) is 0 Å². The molecule has 0 N–H and O–H groups in total. The van der Waals surface area contributed by atoms with E-state index in [1.54, 1.807) is 0 Å². The summed E-state index contributed by atoms with van der Waals surface area (Å²) in [5, 5.41) is 0. The van der Waals surface area contributed by atoms with Crippen molar-refractivity contribution in [2.24, 2.45) is 0 Å². The Hall–Kier alpha value is -0.573. The number of hydrogen-bond acceptors (Lipinski definition) is 2. The van der Waals surface area contributed by atoms with Crippen LogP contribution in [0.25, 0.3) is 0 Å². The Labute approximate surface area is 103 Å². The number of hydrogen-bond donors (Lipinski definition) is 0. The number of carbonyl (C=O) groups is 1. The molecule has 2 nitrogen and oxygen atoms in total. The summed E-state index contributed by atoms with van der Waals surface area (Å²) in [4.78, 5) is 11.1. The molecule has 0 saturated carbocycles. The van der Waals surface area contributed by atoms with Crippen molar-refractivity contribution in [2.45, 2.75) is 65.2 Å². The van der Waals surface area contributed by atoms with Gasteiger partial charge in [-0.3, -0.25) is 0 Å². The smallest absolute Gasteiger partial charge is 0.319 e. The molecule has 16 heavy (non-hydrogen) atoms. The van der Waals surface area contributed by atoms with Crippen LogP contribution in [0.4, 0.5) is 0 Å². The van der Waals surface area contributed by atoms with E-state index in [-0.39, 0.29) is 5.97 Å². The van der Waals surface area contributed by atoms with Crippen LogP contribution < -0.4 is 0 Å². The van der Waals surface area contributed by atoms with Gasteiger partial charge >= 0.3 is 5.97 Å². The SMILES string of the molecule is CCCCCCCCCC=C(C)C(=O)O[SiH3]. The Bertz CT molecular complexity index is 212. The zero-order chi connectivity index (χ0) is 12.2. The Morgan fingerprint density at radius 1 is 1.12 bits per heavy atom. The lowest BCUT2D eigenvalue weighted by Gasteiger charge is -2.01. The number of carbonyl (C=O) groups excluding carboxylic acids is 1. The number of unbranched alkanes of at least 4 members (excludes halogenated alkanes) is 7. The summed E-state index contributed by atoms with van der Waals surface area (Å²) in [5.41, 5.74) is 0.765. The van der Waals surface area contributed by atoms with E-state index < -0.39 is 0 Å². The third-order valence-electron chi connectivity index (χ3n) is 2.77. The molecule has 94 valence electrons. The summed E-state index contributed by atoms with van der Waals surface area (Å²) in [6.45, 7) is 4.07. The minimum Gasteiger partial charge on any atom is -0.526 e. The van der Waals surface area contributed by atoms with Gasteiger partial charge in [0.1, 0.15) is 0 Å². The molecule has 0 amide bonds. The first-order chi connectivity index (χ1) is 7.72. The zero-order valence-corrected chi connectivity index (χ0v) is 13.1. The standard InChI is InChI=1S/C13H26O2Si/c1-3-4-5-6-7-8-9-10-11-12(2)13(14)15-16/h11H,3-10H2,1-2,16H3. The van der Waals surface area contributed by atoms with Crippen molar-refractivity contribution >= 4 is 16.5 Å². The van der Waals surface area contributed by atoms with Crippen LogP contribution >= 0.6 is 0 Å². The second-order valence-corrected chi connectivity index (χ2v) is 4.70. The van der Waals surface area contributed by atoms with Crippen LogP contribution in [0.3, 0.4) is 0 Å². The van der Waals surface area contributed by atoms with E-state index in [9.17, 15) is 4.79 Å². The monoisotopic (exact) mass is 242 g/mol. The van der Waals surface area contributed by atoms with Crippen molar-refractivity contribution in [3.63, 3.8) is 0 Å². The molecule has 0 aliphatic heterocycles. The van der Waals surface area contributed by atoms with Crippen LogP contribution in [-0.4, -0.2) is 16.5 Å². The number of rotatable bonds is 9. The highest BCUT2D eigenvalue weighted by Gasteiger charge is 2.00. The molecule has 0 spiro atoms. The molecule has 0 fully saturated rings. The van der Waals surface area contributed by atoms with Gasteiger partial charge in [0, 0.05) is 5.57 Å². The van der Waals surface area contributed by atoms with E-state index in [1.807, 2.05) is 13.0 Å². The molecule has 0 unspecified atom stereocenters.